The average Bonchev–Trinajstić information content (AvgIpc) is 2.65. The number of benzene rings is 2. The van der Waals surface area contributed by atoms with Gasteiger partial charge in [0.05, 0.1) is 0 Å². The molecular weight excluding hydrogens is 363 g/mol. The minimum absolute atomic E-state index is 0.215. The Morgan fingerprint density at radius 1 is 0.815 bits per heavy atom. The van der Waals surface area contributed by atoms with E-state index in [1.165, 1.54) is 17.7 Å². The van der Waals surface area contributed by atoms with Gasteiger partial charge in [0.2, 0.25) is 0 Å². The van der Waals surface area contributed by atoms with Crippen LogP contribution < -0.4 is 10.6 Å². The monoisotopic (exact) mass is 384 g/mol. The van der Waals surface area contributed by atoms with E-state index in [-0.39, 0.29) is 5.82 Å². The van der Waals surface area contributed by atoms with Crippen molar-refractivity contribution in [3.8, 4) is 0 Å². The quantitative estimate of drug-likeness (QED) is 0.580. The van der Waals surface area contributed by atoms with Crippen molar-refractivity contribution in [1.82, 2.24) is 9.97 Å². The van der Waals surface area contributed by atoms with Crippen molar-refractivity contribution in [1.29, 1.82) is 0 Å². The van der Waals surface area contributed by atoms with E-state index in [1.807, 2.05) is 37.3 Å². The summed E-state index contributed by atoms with van der Waals surface area (Å²) in [5.41, 5.74) is 2.30. The SMILES string of the molecule is Cc1nc(NCCc2ccc(F)cc2)cc(NCCc2ccc(Cl)cc2)n1. The number of hydrogen-bond acceptors (Lipinski definition) is 4. The highest BCUT2D eigenvalue weighted by atomic mass is 35.5. The fraction of sp³-hybridized carbons (Fsp3) is 0.238. The van der Waals surface area contributed by atoms with Gasteiger partial charge in [-0.3, -0.25) is 0 Å². The molecule has 0 unspecified atom stereocenters. The lowest BCUT2D eigenvalue weighted by atomic mass is 10.1. The zero-order chi connectivity index (χ0) is 19.1. The van der Waals surface area contributed by atoms with Crippen LogP contribution in [0.15, 0.2) is 54.6 Å². The zero-order valence-electron chi connectivity index (χ0n) is 15.2. The van der Waals surface area contributed by atoms with Crippen molar-refractivity contribution in [3.63, 3.8) is 0 Å². The first kappa shape index (κ1) is 19.1. The summed E-state index contributed by atoms with van der Waals surface area (Å²) in [5, 5.41) is 7.39. The van der Waals surface area contributed by atoms with Crippen LogP contribution in [-0.4, -0.2) is 23.1 Å². The van der Waals surface area contributed by atoms with E-state index in [1.54, 1.807) is 12.1 Å². The molecule has 0 aliphatic rings. The lowest BCUT2D eigenvalue weighted by Crippen LogP contribution is -2.11. The van der Waals surface area contributed by atoms with Crippen LogP contribution in [0.2, 0.25) is 5.02 Å². The molecule has 0 amide bonds. The number of nitrogens with zero attached hydrogens (tertiary/aromatic N) is 2. The van der Waals surface area contributed by atoms with Crippen LogP contribution >= 0.6 is 11.6 Å². The maximum atomic E-state index is 12.9. The summed E-state index contributed by atoms with van der Waals surface area (Å²) in [6.45, 7) is 3.36. The van der Waals surface area contributed by atoms with Gasteiger partial charge >= 0.3 is 0 Å². The highest BCUT2D eigenvalue weighted by molar-refractivity contribution is 6.30. The molecule has 2 N–H and O–H groups in total. The molecule has 3 rings (SSSR count). The van der Waals surface area contributed by atoms with E-state index in [2.05, 4.69) is 20.6 Å². The first-order valence-electron chi connectivity index (χ1n) is 8.91. The molecule has 0 aliphatic carbocycles. The first-order chi connectivity index (χ1) is 13.1. The van der Waals surface area contributed by atoms with Gasteiger partial charge in [-0.25, -0.2) is 14.4 Å². The van der Waals surface area contributed by atoms with E-state index in [0.717, 1.165) is 41.6 Å². The number of hydrogen-bond donors (Lipinski definition) is 2. The minimum Gasteiger partial charge on any atom is -0.370 e. The second kappa shape index (κ2) is 9.33. The molecule has 27 heavy (non-hydrogen) atoms. The van der Waals surface area contributed by atoms with Crippen molar-refractivity contribution >= 4 is 23.2 Å². The van der Waals surface area contributed by atoms with Crippen LogP contribution in [0.5, 0.6) is 0 Å². The standard InChI is InChI=1S/C21H22ClFN4/c1-15-26-20(24-12-10-16-2-6-18(22)7-3-16)14-21(27-15)25-13-11-17-4-8-19(23)9-5-17/h2-9,14H,10-13H2,1H3,(H2,24,25,26,27). The van der Waals surface area contributed by atoms with Gasteiger partial charge in [0.25, 0.3) is 0 Å². The summed E-state index contributed by atoms with van der Waals surface area (Å²) >= 11 is 5.91. The Morgan fingerprint density at radius 2 is 1.30 bits per heavy atom. The van der Waals surface area contributed by atoms with E-state index >= 15 is 0 Å². The molecule has 1 aromatic heterocycles. The predicted molar refractivity (Wildman–Crippen MR) is 109 cm³/mol. The number of halogens is 2. The normalized spacial score (nSPS) is 10.6. The second-order valence-corrected chi connectivity index (χ2v) is 6.73. The Balaban J connectivity index is 1.50. The fourth-order valence-corrected chi connectivity index (χ4v) is 2.85. The van der Waals surface area contributed by atoms with Gasteiger partial charge in [-0.1, -0.05) is 35.9 Å². The number of anilines is 2. The Hall–Kier alpha value is -2.66. The van der Waals surface area contributed by atoms with Crippen molar-refractivity contribution in [2.75, 3.05) is 23.7 Å². The molecule has 0 atom stereocenters. The number of nitrogens with one attached hydrogen (secondary N) is 2. The van der Waals surface area contributed by atoms with Gasteiger partial charge in [-0.15, -0.1) is 0 Å². The second-order valence-electron chi connectivity index (χ2n) is 6.29. The third-order valence-electron chi connectivity index (χ3n) is 4.10. The molecule has 0 bridgehead atoms. The van der Waals surface area contributed by atoms with Crippen molar-refractivity contribution in [2.45, 2.75) is 19.8 Å². The number of aryl methyl sites for hydroxylation is 1. The van der Waals surface area contributed by atoms with Crippen LogP contribution in [0.4, 0.5) is 16.0 Å². The van der Waals surface area contributed by atoms with Crippen molar-refractivity contribution < 1.29 is 4.39 Å². The van der Waals surface area contributed by atoms with Crippen molar-refractivity contribution in [3.05, 3.63) is 82.4 Å². The lowest BCUT2D eigenvalue weighted by Gasteiger charge is -2.10. The van der Waals surface area contributed by atoms with E-state index in [0.29, 0.717) is 12.4 Å². The Kier molecular flexibility index (Phi) is 6.60. The van der Waals surface area contributed by atoms with Gasteiger partial charge in [0.1, 0.15) is 23.3 Å². The molecule has 0 radical (unpaired) electrons. The molecule has 0 saturated heterocycles. The molecule has 0 aliphatic heterocycles. The molecule has 1 heterocycles. The van der Waals surface area contributed by atoms with Crippen LogP contribution in [0.1, 0.15) is 17.0 Å². The molecular formula is C21H22ClFN4. The molecule has 140 valence electrons. The highest BCUT2D eigenvalue weighted by Gasteiger charge is 2.03. The topological polar surface area (TPSA) is 49.8 Å². The Bertz CT molecular complexity index is 797. The summed E-state index contributed by atoms with van der Waals surface area (Å²) in [6.07, 6.45) is 1.68. The van der Waals surface area contributed by atoms with E-state index in [4.69, 9.17) is 11.6 Å². The average molecular weight is 385 g/mol. The number of rotatable bonds is 8. The maximum Gasteiger partial charge on any atom is 0.131 e. The smallest absolute Gasteiger partial charge is 0.131 e. The maximum absolute atomic E-state index is 12.9. The Morgan fingerprint density at radius 3 is 1.81 bits per heavy atom. The van der Waals surface area contributed by atoms with Crippen LogP contribution in [0.3, 0.4) is 0 Å². The fourth-order valence-electron chi connectivity index (χ4n) is 2.72. The van der Waals surface area contributed by atoms with Gasteiger partial charge < -0.3 is 10.6 Å². The Labute approximate surface area is 163 Å². The van der Waals surface area contributed by atoms with Gasteiger partial charge in [-0.05, 0) is 55.2 Å². The van der Waals surface area contributed by atoms with Crippen molar-refractivity contribution in [2.24, 2.45) is 0 Å². The molecule has 2 aromatic carbocycles. The van der Waals surface area contributed by atoms with Crippen LogP contribution in [-0.2, 0) is 12.8 Å². The van der Waals surface area contributed by atoms with Gasteiger partial charge in [0, 0.05) is 24.2 Å². The summed E-state index contributed by atoms with van der Waals surface area (Å²) in [4.78, 5) is 8.85. The summed E-state index contributed by atoms with van der Waals surface area (Å²) in [6, 6.07) is 16.3. The third-order valence-corrected chi connectivity index (χ3v) is 4.36. The number of aromatic nitrogens is 2. The van der Waals surface area contributed by atoms with E-state index < -0.39 is 0 Å². The molecule has 0 spiro atoms. The minimum atomic E-state index is -0.215. The summed E-state index contributed by atoms with van der Waals surface area (Å²) < 4.78 is 12.9. The van der Waals surface area contributed by atoms with Crippen LogP contribution in [0, 0.1) is 12.7 Å². The predicted octanol–water partition coefficient (Wildman–Crippen LogP) is 4.89. The lowest BCUT2D eigenvalue weighted by molar-refractivity contribution is 0.627. The highest BCUT2D eigenvalue weighted by Crippen LogP contribution is 2.13. The first-order valence-corrected chi connectivity index (χ1v) is 9.28. The summed E-state index contributed by atoms with van der Waals surface area (Å²) in [5.74, 6) is 2.06. The van der Waals surface area contributed by atoms with Crippen LogP contribution in [0.25, 0.3) is 0 Å². The van der Waals surface area contributed by atoms with E-state index in [9.17, 15) is 4.39 Å². The summed E-state index contributed by atoms with van der Waals surface area (Å²) in [7, 11) is 0. The largest absolute Gasteiger partial charge is 0.370 e. The molecule has 0 saturated carbocycles. The molecule has 6 heteroatoms. The zero-order valence-corrected chi connectivity index (χ0v) is 15.9. The third kappa shape index (κ3) is 6.22. The van der Waals surface area contributed by atoms with Gasteiger partial charge in [0.15, 0.2) is 0 Å². The molecule has 3 aromatic rings. The van der Waals surface area contributed by atoms with Gasteiger partial charge in [-0.2, -0.15) is 0 Å². The molecule has 4 nitrogen and oxygen atoms in total. The molecule has 0 fully saturated rings.